The zero-order valence-corrected chi connectivity index (χ0v) is 17.3. The number of amides is 2. The zero-order chi connectivity index (χ0) is 21.0. The van der Waals surface area contributed by atoms with Crippen LogP contribution in [-0.2, 0) is 21.4 Å². The van der Waals surface area contributed by atoms with Crippen LogP contribution in [0.3, 0.4) is 0 Å². The predicted molar refractivity (Wildman–Crippen MR) is 116 cm³/mol. The summed E-state index contributed by atoms with van der Waals surface area (Å²) in [6.45, 7) is 6.35. The van der Waals surface area contributed by atoms with Crippen LogP contribution in [0.4, 0.5) is 11.5 Å². The first-order valence-corrected chi connectivity index (χ1v) is 10.4. The van der Waals surface area contributed by atoms with Gasteiger partial charge in [0.25, 0.3) is 0 Å². The highest BCUT2D eigenvalue weighted by molar-refractivity contribution is 6.14. The number of anilines is 2. The number of rotatable bonds is 3. The summed E-state index contributed by atoms with van der Waals surface area (Å²) in [6.07, 6.45) is 2.74. The van der Waals surface area contributed by atoms with Crippen LogP contribution in [0.1, 0.15) is 55.4 Å². The van der Waals surface area contributed by atoms with Crippen LogP contribution in [0, 0.1) is 0 Å². The van der Waals surface area contributed by atoms with Gasteiger partial charge in [0.2, 0.25) is 11.8 Å². The van der Waals surface area contributed by atoms with Gasteiger partial charge in [0.15, 0.2) is 0 Å². The largest absolute Gasteiger partial charge is 0.325 e. The molecule has 2 amide bonds. The number of hydrogen-bond acceptors (Lipinski definition) is 3. The van der Waals surface area contributed by atoms with Gasteiger partial charge in [0.05, 0.1) is 11.9 Å². The Labute approximate surface area is 175 Å². The second-order valence-electron chi connectivity index (χ2n) is 8.38. The Morgan fingerprint density at radius 2 is 1.83 bits per heavy atom. The first kappa shape index (κ1) is 18.6. The SMILES string of the molecule is CCc1ccc(-n2ncc3c2NC(=O)CC32C(=O)Nc3ccc(C(C)C)cc32)cc1. The van der Waals surface area contributed by atoms with Gasteiger partial charge < -0.3 is 10.6 Å². The maximum Gasteiger partial charge on any atom is 0.240 e. The summed E-state index contributed by atoms with van der Waals surface area (Å²) < 4.78 is 1.71. The van der Waals surface area contributed by atoms with Gasteiger partial charge in [0.1, 0.15) is 11.2 Å². The van der Waals surface area contributed by atoms with Crippen molar-refractivity contribution in [2.75, 3.05) is 10.6 Å². The van der Waals surface area contributed by atoms with Crippen molar-refractivity contribution in [3.05, 3.63) is 70.9 Å². The second-order valence-corrected chi connectivity index (χ2v) is 8.38. The van der Waals surface area contributed by atoms with Crippen LogP contribution in [0.25, 0.3) is 5.69 Å². The van der Waals surface area contributed by atoms with Gasteiger partial charge in [-0.3, -0.25) is 9.59 Å². The molecule has 6 nitrogen and oxygen atoms in total. The molecule has 152 valence electrons. The molecule has 2 aliphatic heterocycles. The Morgan fingerprint density at radius 3 is 2.53 bits per heavy atom. The van der Waals surface area contributed by atoms with E-state index in [-0.39, 0.29) is 18.2 Å². The number of hydrogen-bond donors (Lipinski definition) is 2. The maximum absolute atomic E-state index is 13.3. The van der Waals surface area contributed by atoms with E-state index in [1.54, 1.807) is 10.9 Å². The minimum absolute atomic E-state index is 0.0703. The van der Waals surface area contributed by atoms with Crippen LogP contribution in [0.5, 0.6) is 0 Å². The minimum atomic E-state index is -1.06. The number of benzene rings is 2. The molecule has 3 heterocycles. The van der Waals surface area contributed by atoms with Gasteiger partial charge in [-0.25, -0.2) is 4.68 Å². The van der Waals surface area contributed by atoms with E-state index in [1.165, 1.54) is 5.56 Å². The van der Waals surface area contributed by atoms with Crippen molar-refractivity contribution in [2.45, 2.75) is 44.9 Å². The lowest BCUT2D eigenvalue weighted by atomic mass is 9.71. The lowest BCUT2D eigenvalue weighted by Gasteiger charge is -2.32. The van der Waals surface area contributed by atoms with E-state index in [9.17, 15) is 9.59 Å². The third-order valence-corrected chi connectivity index (χ3v) is 6.31. The zero-order valence-electron chi connectivity index (χ0n) is 17.3. The van der Waals surface area contributed by atoms with E-state index < -0.39 is 5.41 Å². The van der Waals surface area contributed by atoms with E-state index in [2.05, 4.69) is 54.7 Å². The molecule has 6 heteroatoms. The molecule has 2 N–H and O–H groups in total. The molecule has 0 bridgehead atoms. The molecule has 0 fully saturated rings. The van der Waals surface area contributed by atoms with Gasteiger partial charge in [-0.2, -0.15) is 5.10 Å². The van der Waals surface area contributed by atoms with Gasteiger partial charge in [-0.05, 0) is 47.2 Å². The molecule has 2 aliphatic rings. The van der Waals surface area contributed by atoms with Crippen molar-refractivity contribution in [2.24, 2.45) is 0 Å². The first-order valence-electron chi connectivity index (χ1n) is 10.4. The molecular weight excluding hydrogens is 376 g/mol. The number of carbonyl (C=O) groups excluding carboxylic acids is 2. The average molecular weight is 400 g/mol. The summed E-state index contributed by atoms with van der Waals surface area (Å²) in [5.74, 6) is 0.524. The molecule has 1 atom stereocenters. The van der Waals surface area contributed by atoms with Crippen LogP contribution >= 0.6 is 0 Å². The van der Waals surface area contributed by atoms with Crippen molar-refractivity contribution in [1.82, 2.24) is 9.78 Å². The fourth-order valence-corrected chi connectivity index (χ4v) is 4.54. The van der Waals surface area contributed by atoms with Gasteiger partial charge in [-0.15, -0.1) is 0 Å². The molecule has 30 heavy (non-hydrogen) atoms. The highest BCUT2D eigenvalue weighted by atomic mass is 16.2. The van der Waals surface area contributed by atoms with Gasteiger partial charge >= 0.3 is 0 Å². The standard InChI is InChI=1S/C24H24N4O2/c1-4-15-5-8-17(9-6-15)28-22-19(13-25-28)24(12-21(29)27-22)18-11-16(14(2)3)7-10-20(18)26-23(24)30/h5-11,13-14H,4,12H2,1-3H3,(H,26,30)(H,27,29). The van der Waals surface area contributed by atoms with Crippen molar-refractivity contribution in [1.29, 1.82) is 0 Å². The van der Waals surface area contributed by atoms with Crippen LogP contribution in [0.15, 0.2) is 48.7 Å². The fourth-order valence-electron chi connectivity index (χ4n) is 4.54. The Hall–Kier alpha value is -3.41. The monoisotopic (exact) mass is 400 g/mol. The van der Waals surface area contributed by atoms with E-state index in [0.29, 0.717) is 11.7 Å². The van der Waals surface area contributed by atoms with E-state index in [0.717, 1.165) is 34.5 Å². The number of aromatic nitrogens is 2. The van der Waals surface area contributed by atoms with Gasteiger partial charge in [0, 0.05) is 17.7 Å². The molecule has 1 aromatic heterocycles. The molecule has 0 radical (unpaired) electrons. The highest BCUT2D eigenvalue weighted by Gasteiger charge is 2.54. The van der Waals surface area contributed by atoms with Crippen LogP contribution in [-0.4, -0.2) is 21.6 Å². The van der Waals surface area contributed by atoms with Crippen LogP contribution in [0.2, 0.25) is 0 Å². The second kappa shape index (κ2) is 6.55. The number of aryl methyl sites for hydroxylation is 1. The predicted octanol–water partition coefficient (Wildman–Crippen LogP) is 4.14. The molecule has 0 saturated carbocycles. The van der Waals surface area contributed by atoms with Gasteiger partial charge in [-0.1, -0.05) is 45.0 Å². The summed E-state index contributed by atoms with van der Waals surface area (Å²) in [5.41, 5.74) is 4.52. The molecular formula is C24H24N4O2. The third kappa shape index (κ3) is 2.53. The number of fused-ring (bicyclic) bond motifs is 4. The summed E-state index contributed by atoms with van der Waals surface area (Å²) >= 11 is 0. The van der Waals surface area contributed by atoms with Crippen molar-refractivity contribution in [3.8, 4) is 5.69 Å². The summed E-state index contributed by atoms with van der Waals surface area (Å²) in [5, 5.41) is 10.5. The van der Waals surface area contributed by atoms with E-state index >= 15 is 0 Å². The summed E-state index contributed by atoms with van der Waals surface area (Å²) in [6, 6.07) is 14.1. The Morgan fingerprint density at radius 1 is 1.07 bits per heavy atom. The number of nitrogens with zero attached hydrogens (tertiary/aromatic N) is 2. The lowest BCUT2D eigenvalue weighted by molar-refractivity contribution is -0.125. The molecule has 1 unspecified atom stereocenters. The molecule has 0 saturated heterocycles. The normalized spacial score (nSPS) is 19.6. The smallest absolute Gasteiger partial charge is 0.240 e. The van der Waals surface area contributed by atoms with Crippen molar-refractivity contribution < 1.29 is 9.59 Å². The molecule has 0 aliphatic carbocycles. The molecule has 2 aromatic carbocycles. The number of carbonyl (C=O) groups is 2. The van der Waals surface area contributed by atoms with E-state index in [4.69, 9.17) is 0 Å². The minimum Gasteiger partial charge on any atom is -0.325 e. The maximum atomic E-state index is 13.3. The fraction of sp³-hybridized carbons (Fsp3) is 0.292. The third-order valence-electron chi connectivity index (χ3n) is 6.31. The first-order chi connectivity index (χ1) is 14.4. The Balaban J connectivity index is 1.71. The number of nitrogens with one attached hydrogen (secondary N) is 2. The topological polar surface area (TPSA) is 76.0 Å². The summed E-state index contributed by atoms with van der Waals surface area (Å²) in [7, 11) is 0. The molecule has 5 rings (SSSR count). The van der Waals surface area contributed by atoms with E-state index in [1.807, 2.05) is 24.3 Å². The van der Waals surface area contributed by atoms with Crippen molar-refractivity contribution >= 4 is 23.3 Å². The van der Waals surface area contributed by atoms with Crippen molar-refractivity contribution in [3.63, 3.8) is 0 Å². The van der Waals surface area contributed by atoms with Crippen LogP contribution < -0.4 is 10.6 Å². The highest BCUT2D eigenvalue weighted by Crippen LogP contribution is 2.50. The molecule has 1 spiro atoms. The summed E-state index contributed by atoms with van der Waals surface area (Å²) in [4.78, 5) is 26.1. The quantitative estimate of drug-likeness (QED) is 0.694. The lowest BCUT2D eigenvalue weighted by Crippen LogP contribution is -2.43. The Kier molecular flexibility index (Phi) is 4.07. The Bertz CT molecular complexity index is 1180. The average Bonchev–Trinajstić information content (AvgIpc) is 3.27. The molecule has 3 aromatic rings.